The van der Waals surface area contributed by atoms with Gasteiger partial charge in [-0.3, -0.25) is 0 Å². The number of rotatable bonds is 5. The van der Waals surface area contributed by atoms with Crippen molar-refractivity contribution in [3.63, 3.8) is 0 Å². The molecule has 0 radical (unpaired) electrons. The zero-order valence-electron chi connectivity index (χ0n) is 9.28. The predicted octanol–water partition coefficient (Wildman–Crippen LogP) is 0.576. The van der Waals surface area contributed by atoms with E-state index in [0.717, 1.165) is 19.4 Å². The normalized spacial score (nSPS) is 22.9. The lowest BCUT2D eigenvalue weighted by atomic mass is 10.2. The third kappa shape index (κ3) is 3.03. The molecule has 0 spiro atoms. The second-order valence-corrected chi connectivity index (χ2v) is 5.97. The van der Waals surface area contributed by atoms with E-state index in [1.807, 2.05) is 6.92 Å². The van der Waals surface area contributed by atoms with Gasteiger partial charge in [0.25, 0.3) is 0 Å². The van der Waals surface area contributed by atoms with Crippen LogP contribution < -0.4 is 5.32 Å². The van der Waals surface area contributed by atoms with Gasteiger partial charge in [-0.05, 0) is 19.4 Å². The zero-order valence-corrected chi connectivity index (χ0v) is 10.1. The maximum Gasteiger partial charge on any atom is 0.218 e. The van der Waals surface area contributed by atoms with Crippen molar-refractivity contribution in [1.82, 2.24) is 9.62 Å². The third-order valence-electron chi connectivity index (χ3n) is 2.72. The topological polar surface area (TPSA) is 49.4 Å². The highest BCUT2D eigenvalue weighted by Crippen LogP contribution is 2.16. The molecule has 0 aromatic rings. The van der Waals surface area contributed by atoms with Crippen molar-refractivity contribution in [3.8, 4) is 0 Å². The minimum Gasteiger partial charge on any atom is -0.315 e. The van der Waals surface area contributed by atoms with E-state index in [9.17, 15) is 8.42 Å². The number of hydrogen-bond donors (Lipinski definition) is 1. The van der Waals surface area contributed by atoms with E-state index < -0.39 is 10.0 Å². The molecule has 0 amide bonds. The molecule has 0 aromatic carbocycles. The van der Waals surface area contributed by atoms with Crippen molar-refractivity contribution >= 4 is 10.0 Å². The Bertz CT molecular complexity index is 295. The first-order chi connectivity index (χ1) is 7.12. The standard InChI is InChI=1S/C10H20N2O2S/c1-3-8-12(4-2)15(13,14)10-6-5-7-11-9-10/h3,10-11H,1,4-9H2,2H3. The molecule has 1 heterocycles. The fourth-order valence-corrected chi connectivity index (χ4v) is 3.73. The SMILES string of the molecule is C=CCN(CC)S(=O)(=O)C1CCCNC1. The van der Waals surface area contributed by atoms with Crippen molar-refractivity contribution in [2.24, 2.45) is 0 Å². The first kappa shape index (κ1) is 12.7. The van der Waals surface area contributed by atoms with Crippen LogP contribution in [0.15, 0.2) is 12.7 Å². The molecular formula is C10H20N2O2S. The highest BCUT2D eigenvalue weighted by atomic mass is 32.2. The summed E-state index contributed by atoms with van der Waals surface area (Å²) in [4.78, 5) is 0. The minimum absolute atomic E-state index is 0.258. The van der Waals surface area contributed by atoms with Gasteiger partial charge in [0.2, 0.25) is 10.0 Å². The van der Waals surface area contributed by atoms with Gasteiger partial charge >= 0.3 is 0 Å². The van der Waals surface area contributed by atoms with E-state index in [2.05, 4.69) is 11.9 Å². The van der Waals surface area contributed by atoms with Crippen LogP contribution in [-0.2, 0) is 10.0 Å². The van der Waals surface area contributed by atoms with Crippen LogP contribution in [0, 0.1) is 0 Å². The van der Waals surface area contributed by atoms with Gasteiger partial charge < -0.3 is 5.32 Å². The van der Waals surface area contributed by atoms with Crippen LogP contribution in [0.4, 0.5) is 0 Å². The molecule has 0 aromatic heterocycles. The Morgan fingerprint density at radius 3 is 2.80 bits per heavy atom. The van der Waals surface area contributed by atoms with E-state index in [-0.39, 0.29) is 5.25 Å². The largest absolute Gasteiger partial charge is 0.315 e. The maximum atomic E-state index is 12.1. The van der Waals surface area contributed by atoms with Gasteiger partial charge in [-0.1, -0.05) is 13.0 Å². The number of likely N-dealkylation sites (N-methyl/N-ethyl adjacent to an activating group) is 1. The molecule has 5 heteroatoms. The Kier molecular flexibility index (Phi) is 4.76. The van der Waals surface area contributed by atoms with Gasteiger partial charge in [0.1, 0.15) is 0 Å². The molecule has 1 unspecified atom stereocenters. The average Bonchev–Trinajstić information content (AvgIpc) is 2.27. The maximum absolute atomic E-state index is 12.1. The molecule has 0 bridgehead atoms. The van der Waals surface area contributed by atoms with E-state index in [1.54, 1.807) is 6.08 Å². The second kappa shape index (κ2) is 5.63. The van der Waals surface area contributed by atoms with Crippen molar-refractivity contribution in [2.45, 2.75) is 25.0 Å². The Morgan fingerprint density at radius 2 is 2.33 bits per heavy atom. The fourth-order valence-electron chi connectivity index (χ4n) is 1.84. The summed E-state index contributed by atoms with van der Waals surface area (Å²) in [6, 6.07) is 0. The number of piperidine rings is 1. The fraction of sp³-hybridized carbons (Fsp3) is 0.800. The van der Waals surface area contributed by atoms with Crippen molar-refractivity contribution in [2.75, 3.05) is 26.2 Å². The third-order valence-corrected chi connectivity index (χ3v) is 5.09. The number of hydrogen-bond acceptors (Lipinski definition) is 3. The molecule has 1 aliphatic heterocycles. The van der Waals surface area contributed by atoms with Crippen molar-refractivity contribution < 1.29 is 8.42 Å². The number of nitrogens with one attached hydrogen (secondary N) is 1. The monoisotopic (exact) mass is 232 g/mol. The molecular weight excluding hydrogens is 212 g/mol. The lowest BCUT2D eigenvalue weighted by Gasteiger charge is -2.28. The van der Waals surface area contributed by atoms with Gasteiger partial charge in [-0.2, -0.15) is 4.31 Å². The summed E-state index contributed by atoms with van der Waals surface area (Å²) in [5.41, 5.74) is 0. The molecule has 15 heavy (non-hydrogen) atoms. The highest BCUT2D eigenvalue weighted by Gasteiger charge is 2.31. The second-order valence-electron chi connectivity index (χ2n) is 3.75. The van der Waals surface area contributed by atoms with E-state index in [1.165, 1.54) is 4.31 Å². The average molecular weight is 232 g/mol. The summed E-state index contributed by atoms with van der Waals surface area (Å²) in [6.45, 7) is 7.88. The lowest BCUT2D eigenvalue weighted by Crippen LogP contribution is -2.46. The van der Waals surface area contributed by atoms with Crippen LogP contribution >= 0.6 is 0 Å². The summed E-state index contributed by atoms with van der Waals surface area (Å²) in [6.07, 6.45) is 3.34. The van der Waals surface area contributed by atoms with Crippen molar-refractivity contribution in [1.29, 1.82) is 0 Å². The molecule has 1 rings (SSSR count). The van der Waals surface area contributed by atoms with Crippen molar-refractivity contribution in [3.05, 3.63) is 12.7 Å². The molecule has 1 saturated heterocycles. The first-order valence-electron chi connectivity index (χ1n) is 5.43. The Morgan fingerprint density at radius 1 is 1.60 bits per heavy atom. The molecule has 88 valence electrons. The number of nitrogens with zero attached hydrogens (tertiary/aromatic N) is 1. The quantitative estimate of drug-likeness (QED) is 0.705. The first-order valence-corrected chi connectivity index (χ1v) is 6.93. The summed E-state index contributed by atoms with van der Waals surface area (Å²) in [5, 5.41) is 2.87. The van der Waals surface area contributed by atoms with Crippen LogP contribution in [0.1, 0.15) is 19.8 Å². The van der Waals surface area contributed by atoms with Crippen LogP contribution in [0.2, 0.25) is 0 Å². The summed E-state index contributed by atoms with van der Waals surface area (Å²) < 4.78 is 25.8. The molecule has 1 atom stereocenters. The zero-order chi connectivity index (χ0) is 11.3. The van der Waals surface area contributed by atoms with E-state index in [0.29, 0.717) is 19.6 Å². The highest BCUT2D eigenvalue weighted by molar-refractivity contribution is 7.89. The van der Waals surface area contributed by atoms with Crippen LogP contribution in [-0.4, -0.2) is 44.2 Å². The van der Waals surface area contributed by atoms with Gasteiger partial charge in [0.05, 0.1) is 5.25 Å². The molecule has 0 saturated carbocycles. The van der Waals surface area contributed by atoms with Crippen LogP contribution in [0.25, 0.3) is 0 Å². The Balaban J connectivity index is 2.73. The molecule has 4 nitrogen and oxygen atoms in total. The van der Waals surface area contributed by atoms with Gasteiger partial charge in [-0.15, -0.1) is 6.58 Å². The predicted molar refractivity (Wildman–Crippen MR) is 62.3 cm³/mol. The number of sulfonamides is 1. The molecule has 0 aliphatic carbocycles. The van der Waals surface area contributed by atoms with E-state index in [4.69, 9.17) is 0 Å². The molecule has 1 N–H and O–H groups in total. The summed E-state index contributed by atoms with van der Waals surface area (Å²) >= 11 is 0. The Hall–Kier alpha value is -0.390. The summed E-state index contributed by atoms with van der Waals surface area (Å²) in [5.74, 6) is 0. The lowest BCUT2D eigenvalue weighted by molar-refractivity contribution is 0.425. The van der Waals surface area contributed by atoms with Gasteiger partial charge in [0.15, 0.2) is 0 Å². The van der Waals surface area contributed by atoms with Crippen LogP contribution in [0.3, 0.4) is 0 Å². The minimum atomic E-state index is -3.14. The van der Waals surface area contributed by atoms with E-state index >= 15 is 0 Å². The summed E-state index contributed by atoms with van der Waals surface area (Å²) in [7, 11) is -3.14. The van der Waals surface area contributed by atoms with Gasteiger partial charge in [0, 0.05) is 19.6 Å². The molecule has 1 aliphatic rings. The Labute approximate surface area is 92.4 Å². The van der Waals surface area contributed by atoms with Crippen LogP contribution in [0.5, 0.6) is 0 Å². The van der Waals surface area contributed by atoms with Gasteiger partial charge in [-0.25, -0.2) is 8.42 Å². The smallest absolute Gasteiger partial charge is 0.218 e. The molecule has 1 fully saturated rings.